The molecule has 7 nitrogen and oxygen atoms in total. The van der Waals surface area contributed by atoms with Gasteiger partial charge in [0.2, 0.25) is 0 Å². The maximum absolute atomic E-state index is 12.4. The smallest absolute Gasteiger partial charge is 0.257 e. The average Bonchev–Trinajstić information content (AvgIpc) is 3.16. The summed E-state index contributed by atoms with van der Waals surface area (Å²) in [4.78, 5) is 14.6. The summed E-state index contributed by atoms with van der Waals surface area (Å²) in [5.41, 5.74) is 3.56. The first-order valence-electron chi connectivity index (χ1n) is 8.57. The fraction of sp³-hybridized carbons (Fsp3) is 0.222. The Labute approximate surface area is 176 Å². The van der Waals surface area contributed by atoms with Crippen LogP contribution in [0, 0.1) is 0 Å². The van der Waals surface area contributed by atoms with Gasteiger partial charge in [-0.15, -0.1) is 0 Å². The van der Waals surface area contributed by atoms with Crippen LogP contribution in [0.2, 0.25) is 5.02 Å². The first-order chi connectivity index (χ1) is 13.6. The number of halogens is 1. The minimum Gasteiger partial charge on any atom is -0.378 e. The van der Waals surface area contributed by atoms with Crippen LogP contribution < -0.4 is 15.5 Å². The van der Waals surface area contributed by atoms with Crippen molar-refractivity contribution in [1.29, 1.82) is 0 Å². The van der Waals surface area contributed by atoms with E-state index < -0.39 is 0 Å². The molecule has 1 aromatic heterocycles. The zero-order valence-corrected chi connectivity index (χ0v) is 17.0. The Morgan fingerprint density at radius 2 is 1.93 bits per heavy atom. The fourth-order valence-electron chi connectivity index (χ4n) is 2.91. The van der Waals surface area contributed by atoms with E-state index in [0.29, 0.717) is 35.0 Å². The predicted molar refractivity (Wildman–Crippen MR) is 116 cm³/mol. The molecular weight excluding hydrogens is 418 g/mol. The number of benzene rings is 2. The predicted octanol–water partition coefficient (Wildman–Crippen LogP) is 3.31. The van der Waals surface area contributed by atoms with Gasteiger partial charge >= 0.3 is 0 Å². The third-order valence-electron chi connectivity index (χ3n) is 4.30. The van der Waals surface area contributed by atoms with Gasteiger partial charge in [0.25, 0.3) is 5.91 Å². The lowest BCUT2D eigenvalue weighted by Gasteiger charge is -2.29. The lowest BCUT2D eigenvalue weighted by molar-refractivity contribution is 0.0978. The van der Waals surface area contributed by atoms with Crippen molar-refractivity contribution in [3.63, 3.8) is 0 Å². The summed E-state index contributed by atoms with van der Waals surface area (Å²) < 4.78 is 13.6. The van der Waals surface area contributed by atoms with Crippen LogP contribution in [-0.4, -0.2) is 46.1 Å². The van der Waals surface area contributed by atoms with Gasteiger partial charge in [0.1, 0.15) is 11.0 Å². The molecule has 1 saturated heterocycles. The molecule has 0 bridgehead atoms. The number of aromatic nitrogens is 2. The van der Waals surface area contributed by atoms with Crippen LogP contribution >= 0.6 is 35.5 Å². The highest BCUT2D eigenvalue weighted by Gasteiger charge is 2.15. The van der Waals surface area contributed by atoms with Crippen LogP contribution in [0.1, 0.15) is 10.4 Å². The van der Waals surface area contributed by atoms with E-state index >= 15 is 0 Å². The van der Waals surface area contributed by atoms with E-state index in [-0.39, 0.29) is 11.0 Å². The highest BCUT2D eigenvalue weighted by Crippen LogP contribution is 2.29. The number of hydrogen-bond acceptors (Lipinski definition) is 7. The largest absolute Gasteiger partial charge is 0.378 e. The van der Waals surface area contributed by atoms with E-state index in [1.54, 1.807) is 24.3 Å². The van der Waals surface area contributed by atoms with Gasteiger partial charge in [-0.05, 0) is 48.6 Å². The molecule has 0 saturated carbocycles. The summed E-state index contributed by atoms with van der Waals surface area (Å²) in [6.07, 6.45) is 0. The molecule has 0 radical (unpaired) electrons. The Morgan fingerprint density at radius 1 is 1.14 bits per heavy atom. The summed E-state index contributed by atoms with van der Waals surface area (Å²) in [7, 11) is 0. The van der Waals surface area contributed by atoms with Crippen LogP contribution in [-0.2, 0) is 4.74 Å². The van der Waals surface area contributed by atoms with E-state index in [4.69, 9.17) is 28.6 Å². The maximum atomic E-state index is 12.4. The van der Waals surface area contributed by atoms with Crippen LogP contribution in [0.25, 0.3) is 11.0 Å². The van der Waals surface area contributed by atoms with Gasteiger partial charge in [-0.25, -0.2) is 0 Å². The molecule has 0 atom stereocenters. The second-order valence-electron chi connectivity index (χ2n) is 6.14. The monoisotopic (exact) mass is 433 g/mol. The molecule has 0 unspecified atom stereocenters. The van der Waals surface area contributed by atoms with Crippen LogP contribution in [0.15, 0.2) is 36.4 Å². The first-order valence-corrected chi connectivity index (χ1v) is 10.1. The molecule has 28 heavy (non-hydrogen) atoms. The topological polar surface area (TPSA) is 79.4 Å². The lowest BCUT2D eigenvalue weighted by atomic mass is 10.2. The van der Waals surface area contributed by atoms with Crippen LogP contribution in [0.3, 0.4) is 0 Å². The number of hydrogen-bond donors (Lipinski definition) is 2. The molecule has 144 valence electrons. The molecule has 1 aliphatic rings. The van der Waals surface area contributed by atoms with E-state index in [9.17, 15) is 4.79 Å². The SMILES string of the molecule is O=C(NC(=S)Nc1ccc(N2CCOCC2)c(Cl)c1)c1ccc2nsnc2c1. The van der Waals surface area contributed by atoms with Gasteiger partial charge in [-0.1, -0.05) is 11.6 Å². The molecule has 2 N–H and O–H groups in total. The fourth-order valence-corrected chi connectivity index (χ4v) is 3.93. The minimum atomic E-state index is -0.316. The van der Waals surface area contributed by atoms with Crippen molar-refractivity contribution < 1.29 is 9.53 Å². The standard InChI is InChI=1S/C18H16ClN5O2S2/c19-13-10-12(2-4-16(13)24-5-7-26-8-6-24)20-18(27)21-17(25)11-1-3-14-15(9-11)23-28-22-14/h1-4,9-10H,5-8H2,(H2,20,21,25,27). The second kappa shape index (κ2) is 8.36. The van der Waals surface area contributed by atoms with Gasteiger partial charge < -0.3 is 15.0 Å². The van der Waals surface area contributed by atoms with E-state index in [0.717, 1.165) is 36.0 Å². The number of amides is 1. The minimum absolute atomic E-state index is 0.191. The number of nitrogens with zero attached hydrogens (tertiary/aromatic N) is 3. The summed E-state index contributed by atoms with van der Waals surface area (Å²) in [6, 6.07) is 10.7. The molecule has 2 aromatic carbocycles. The van der Waals surface area contributed by atoms with Gasteiger partial charge in [0.05, 0.1) is 35.7 Å². The number of fused-ring (bicyclic) bond motifs is 1. The molecule has 10 heteroatoms. The number of thiocarbonyl (C=S) groups is 1. The van der Waals surface area contributed by atoms with Crippen LogP contribution in [0.4, 0.5) is 11.4 Å². The normalized spacial score (nSPS) is 14.1. The van der Waals surface area contributed by atoms with Gasteiger partial charge in [-0.3, -0.25) is 10.1 Å². The summed E-state index contributed by atoms with van der Waals surface area (Å²) >= 11 is 12.8. The van der Waals surface area contributed by atoms with Crippen molar-refractivity contribution in [2.45, 2.75) is 0 Å². The molecule has 0 spiro atoms. The Hall–Kier alpha value is -2.33. The van der Waals surface area contributed by atoms with Crippen molar-refractivity contribution in [3.8, 4) is 0 Å². The number of morpholine rings is 1. The second-order valence-corrected chi connectivity index (χ2v) is 7.49. The van der Waals surface area contributed by atoms with Crippen molar-refractivity contribution >= 4 is 69.0 Å². The molecular formula is C18H16ClN5O2S2. The molecule has 4 rings (SSSR count). The van der Waals surface area contributed by atoms with Crippen molar-refractivity contribution in [3.05, 3.63) is 47.0 Å². The van der Waals surface area contributed by atoms with Crippen molar-refractivity contribution in [2.75, 3.05) is 36.5 Å². The Bertz CT molecular complexity index is 1040. The Balaban J connectivity index is 1.40. The van der Waals surface area contributed by atoms with E-state index in [1.165, 1.54) is 0 Å². The number of ether oxygens (including phenoxy) is 1. The number of anilines is 2. The number of carbonyl (C=O) groups excluding carboxylic acids is 1. The average molecular weight is 434 g/mol. The Kier molecular flexibility index (Phi) is 5.67. The van der Waals surface area contributed by atoms with Gasteiger partial charge in [-0.2, -0.15) is 8.75 Å². The Morgan fingerprint density at radius 3 is 2.71 bits per heavy atom. The highest BCUT2D eigenvalue weighted by molar-refractivity contribution is 7.80. The number of carbonyl (C=O) groups is 1. The van der Waals surface area contributed by atoms with E-state index in [2.05, 4.69) is 24.3 Å². The number of nitrogens with one attached hydrogen (secondary N) is 2. The molecule has 0 aliphatic carbocycles. The third-order valence-corrected chi connectivity index (χ3v) is 5.36. The van der Waals surface area contributed by atoms with Gasteiger partial charge in [0, 0.05) is 24.3 Å². The molecule has 1 fully saturated rings. The molecule has 3 aromatic rings. The molecule has 1 aliphatic heterocycles. The number of rotatable bonds is 3. The zero-order valence-electron chi connectivity index (χ0n) is 14.6. The zero-order chi connectivity index (χ0) is 19.5. The highest BCUT2D eigenvalue weighted by atomic mass is 35.5. The quantitative estimate of drug-likeness (QED) is 0.613. The van der Waals surface area contributed by atoms with Gasteiger partial charge in [0.15, 0.2) is 5.11 Å². The lowest BCUT2D eigenvalue weighted by Crippen LogP contribution is -2.36. The first kappa shape index (κ1) is 19.0. The van der Waals surface area contributed by atoms with E-state index in [1.807, 2.05) is 12.1 Å². The summed E-state index contributed by atoms with van der Waals surface area (Å²) in [5, 5.41) is 6.46. The van der Waals surface area contributed by atoms with Crippen molar-refractivity contribution in [1.82, 2.24) is 14.1 Å². The van der Waals surface area contributed by atoms with Crippen molar-refractivity contribution in [2.24, 2.45) is 0 Å². The maximum Gasteiger partial charge on any atom is 0.257 e. The summed E-state index contributed by atoms with van der Waals surface area (Å²) in [5.74, 6) is -0.316. The summed E-state index contributed by atoms with van der Waals surface area (Å²) in [6.45, 7) is 2.99. The third kappa shape index (κ3) is 4.22. The molecule has 1 amide bonds. The van der Waals surface area contributed by atoms with Crippen LogP contribution in [0.5, 0.6) is 0 Å². The molecule has 2 heterocycles.